The zero-order chi connectivity index (χ0) is 11.1. The van der Waals surface area contributed by atoms with Crippen LogP contribution in [0.15, 0.2) is 12.3 Å². The summed E-state index contributed by atoms with van der Waals surface area (Å²) in [5.74, 6) is 0.434. The number of nitrogen functional groups attached to an aromatic ring is 2. The van der Waals surface area contributed by atoms with Crippen molar-refractivity contribution in [2.24, 2.45) is 0 Å². The Balaban J connectivity index is 1.89. The van der Waals surface area contributed by atoms with E-state index in [0.717, 1.165) is 18.8 Å². The third-order valence-electron chi connectivity index (χ3n) is 3.56. The molecule has 0 spiro atoms. The Morgan fingerprint density at radius 2 is 1.94 bits per heavy atom. The molecule has 2 aliphatic rings. The van der Waals surface area contributed by atoms with Crippen LogP contribution in [0, 0.1) is 0 Å². The number of nitrogens with two attached hydrogens (primary N) is 2. The highest BCUT2D eigenvalue weighted by Gasteiger charge is 2.32. The van der Waals surface area contributed by atoms with Gasteiger partial charge in [-0.25, -0.2) is 4.98 Å². The number of piperazine rings is 1. The number of pyridine rings is 1. The Bertz CT molecular complexity index is 393. The van der Waals surface area contributed by atoms with Gasteiger partial charge in [0, 0.05) is 31.4 Å². The van der Waals surface area contributed by atoms with Crippen molar-refractivity contribution in [3.63, 3.8) is 0 Å². The lowest BCUT2D eigenvalue weighted by atomic mass is 10.2. The van der Waals surface area contributed by atoms with E-state index >= 15 is 0 Å². The highest BCUT2D eigenvalue weighted by atomic mass is 15.2. The normalized spacial score (nSPS) is 28.4. The number of hydrogen-bond acceptors (Lipinski definition) is 5. The molecule has 5 heteroatoms. The molecule has 2 bridgehead atoms. The maximum absolute atomic E-state index is 5.98. The van der Waals surface area contributed by atoms with Crippen LogP contribution in [-0.2, 0) is 0 Å². The van der Waals surface area contributed by atoms with Crippen LogP contribution in [0.4, 0.5) is 17.2 Å². The number of hydrogen-bond donors (Lipinski definition) is 3. The van der Waals surface area contributed by atoms with Crippen LogP contribution in [0.25, 0.3) is 0 Å². The minimum absolute atomic E-state index is 0.434. The van der Waals surface area contributed by atoms with Gasteiger partial charge in [0.1, 0.15) is 5.82 Å². The summed E-state index contributed by atoms with van der Waals surface area (Å²) in [6.07, 6.45) is 4.26. The largest absolute Gasteiger partial charge is 0.394 e. The molecule has 5 nitrogen and oxygen atoms in total. The lowest BCUT2D eigenvalue weighted by Crippen LogP contribution is -2.51. The van der Waals surface area contributed by atoms with E-state index in [2.05, 4.69) is 15.2 Å². The zero-order valence-electron chi connectivity index (χ0n) is 9.19. The molecule has 0 radical (unpaired) electrons. The number of anilines is 3. The highest BCUT2D eigenvalue weighted by Crippen LogP contribution is 2.30. The summed E-state index contributed by atoms with van der Waals surface area (Å²) in [7, 11) is 0. The summed E-state index contributed by atoms with van der Waals surface area (Å²) in [4.78, 5) is 6.32. The molecule has 86 valence electrons. The number of aromatic nitrogens is 1. The van der Waals surface area contributed by atoms with Gasteiger partial charge in [0.2, 0.25) is 0 Å². The molecule has 0 saturated carbocycles. The number of nitrogens with one attached hydrogen (secondary N) is 1. The smallest absolute Gasteiger partial charge is 0.148 e. The predicted molar refractivity (Wildman–Crippen MR) is 65.2 cm³/mol. The molecule has 3 heterocycles. The van der Waals surface area contributed by atoms with Crippen LogP contribution in [-0.4, -0.2) is 30.2 Å². The minimum atomic E-state index is 0.434. The lowest BCUT2D eigenvalue weighted by molar-refractivity contribution is 0.466. The van der Waals surface area contributed by atoms with Crippen molar-refractivity contribution in [2.75, 3.05) is 29.5 Å². The zero-order valence-corrected chi connectivity index (χ0v) is 9.19. The van der Waals surface area contributed by atoms with Gasteiger partial charge in [0.15, 0.2) is 0 Å². The first-order valence-electron chi connectivity index (χ1n) is 5.75. The molecule has 0 aromatic carbocycles. The second-order valence-electron chi connectivity index (χ2n) is 4.67. The predicted octanol–water partition coefficient (Wildman–Crippen LogP) is 0.187. The van der Waals surface area contributed by atoms with Crippen LogP contribution in [0.5, 0.6) is 0 Å². The van der Waals surface area contributed by atoms with E-state index < -0.39 is 0 Å². The molecule has 1 aromatic rings. The molecule has 2 unspecified atom stereocenters. The first-order chi connectivity index (χ1) is 7.74. The minimum Gasteiger partial charge on any atom is -0.394 e. The van der Waals surface area contributed by atoms with E-state index in [0.29, 0.717) is 23.6 Å². The monoisotopic (exact) mass is 219 g/mol. The van der Waals surface area contributed by atoms with Gasteiger partial charge in [0.25, 0.3) is 0 Å². The average Bonchev–Trinajstić information content (AvgIpc) is 2.62. The molecular formula is C11H17N5. The summed E-state index contributed by atoms with van der Waals surface area (Å²) in [6.45, 7) is 2.04. The number of fused-ring (bicyclic) bond motifs is 2. The summed E-state index contributed by atoms with van der Waals surface area (Å²) < 4.78 is 0. The van der Waals surface area contributed by atoms with Crippen LogP contribution in [0.2, 0.25) is 0 Å². The van der Waals surface area contributed by atoms with Gasteiger partial charge >= 0.3 is 0 Å². The van der Waals surface area contributed by atoms with Crippen LogP contribution < -0.4 is 21.7 Å². The van der Waals surface area contributed by atoms with Crippen molar-refractivity contribution in [1.29, 1.82) is 0 Å². The van der Waals surface area contributed by atoms with Crippen molar-refractivity contribution in [3.8, 4) is 0 Å². The van der Waals surface area contributed by atoms with Crippen molar-refractivity contribution in [2.45, 2.75) is 24.9 Å². The topological polar surface area (TPSA) is 80.2 Å². The van der Waals surface area contributed by atoms with E-state index in [9.17, 15) is 0 Å². The molecule has 0 aliphatic carbocycles. The molecule has 2 fully saturated rings. The Morgan fingerprint density at radius 3 is 2.62 bits per heavy atom. The summed E-state index contributed by atoms with van der Waals surface area (Å²) in [6, 6.07) is 3.16. The first kappa shape index (κ1) is 9.72. The van der Waals surface area contributed by atoms with Crippen LogP contribution in [0.1, 0.15) is 12.8 Å². The molecule has 0 amide bonds. The van der Waals surface area contributed by atoms with Gasteiger partial charge < -0.3 is 21.7 Å². The van der Waals surface area contributed by atoms with Crippen molar-refractivity contribution >= 4 is 17.2 Å². The summed E-state index contributed by atoms with van der Waals surface area (Å²) in [5, 5.41) is 3.59. The third-order valence-corrected chi connectivity index (χ3v) is 3.56. The molecule has 16 heavy (non-hydrogen) atoms. The van der Waals surface area contributed by atoms with Gasteiger partial charge in [-0.15, -0.1) is 0 Å². The van der Waals surface area contributed by atoms with E-state index in [1.165, 1.54) is 12.8 Å². The Hall–Kier alpha value is -1.49. The van der Waals surface area contributed by atoms with E-state index in [1.54, 1.807) is 6.20 Å². The maximum atomic E-state index is 5.98. The molecule has 1 aromatic heterocycles. The summed E-state index contributed by atoms with van der Waals surface area (Å²) in [5.41, 5.74) is 13.4. The quantitative estimate of drug-likeness (QED) is 0.628. The van der Waals surface area contributed by atoms with Crippen LogP contribution >= 0.6 is 0 Å². The fraction of sp³-hybridized carbons (Fsp3) is 0.545. The lowest BCUT2D eigenvalue weighted by Gasteiger charge is -2.35. The number of rotatable bonds is 1. The standard InChI is InChI=1S/C11H17N5/c12-10-9(3-4-14-11(10)13)16-5-7-1-2-8(6-16)15-7/h3-4,7-8,15H,1-2,5-6,12H2,(H2,13,14). The van der Waals surface area contributed by atoms with Gasteiger partial charge in [-0.05, 0) is 18.9 Å². The Morgan fingerprint density at radius 1 is 1.25 bits per heavy atom. The van der Waals surface area contributed by atoms with Gasteiger partial charge in [-0.1, -0.05) is 0 Å². The number of nitrogens with zero attached hydrogens (tertiary/aromatic N) is 2. The first-order valence-corrected chi connectivity index (χ1v) is 5.75. The van der Waals surface area contributed by atoms with Gasteiger partial charge in [0.05, 0.1) is 11.4 Å². The fourth-order valence-electron chi connectivity index (χ4n) is 2.75. The molecule has 2 atom stereocenters. The molecule has 3 rings (SSSR count). The van der Waals surface area contributed by atoms with E-state index in [-0.39, 0.29) is 0 Å². The van der Waals surface area contributed by atoms with Crippen molar-refractivity contribution in [1.82, 2.24) is 10.3 Å². The van der Waals surface area contributed by atoms with Crippen molar-refractivity contribution < 1.29 is 0 Å². The van der Waals surface area contributed by atoms with E-state index in [4.69, 9.17) is 11.5 Å². The van der Waals surface area contributed by atoms with E-state index in [1.807, 2.05) is 6.07 Å². The SMILES string of the molecule is Nc1nccc(N2CC3CCC(C2)N3)c1N. The van der Waals surface area contributed by atoms with Gasteiger partial charge in [-0.2, -0.15) is 0 Å². The van der Waals surface area contributed by atoms with Crippen LogP contribution in [0.3, 0.4) is 0 Å². The average molecular weight is 219 g/mol. The molecular weight excluding hydrogens is 202 g/mol. The molecule has 5 N–H and O–H groups in total. The van der Waals surface area contributed by atoms with Gasteiger partial charge in [-0.3, -0.25) is 0 Å². The second-order valence-corrected chi connectivity index (χ2v) is 4.67. The highest BCUT2D eigenvalue weighted by molar-refractivity contribution is 5.76. The van der Waals surface area contributed by atoms with Crippen molar-refractivity contribution in [3.05, 3.63) is 12.3 Å². The maximum Gasteiger partial charge on any atom is 0.148 e. The molecule has 2 saturated heterocycles. The molecule has 2 aliphatic heterocycles. The fourth-order valence-corrected chi connectivity index (χ4v) is 2.75. The third kappa shape index (κ3) is 1.48. The Labute approximate surface area is 94.8 Å². The Kier molecular flexibility index (Phi) is 2.14. The summed E-state index contributed by atoms with van der Waals surface area (Å²) >= 11 is 0. The second kappa shape index (κ2) is 3.52.